The van der Waals surface area contributed by atoms with E-state index >= 15 is 4.57 Å². The molecule has 3 aromatic rings. The first kappa shape index (κ1) is 22.5. The lowest BCUT2D eigenvalue weighted by Crippen LogP contribution is -2.36. The third kappa shape index (κ3) is 3.16. The largest absolute Gasteiger partial charge is 0.346 e. The molecule has 1 atom stereocenters. The number of aliphatic imine (C=N–C) groups is 1. The Bertz CT molecular complexity index is 1410. The van der Waals surface area contributed by atoms with Crippen LogP contribution in [0, 0.1) is 6.92 Å². The van der Waals surface area contributed by atoms with Crippen molar-refractivity contribution in [3.63, 3.8) is 0 Å². The lowest BCUT2D eigenvalue weighted by Gasteiger charge is -2.39. The predicted molar refractivity (Wildman–Crippen MR) is 144 cm³/mol. The van der Waals surface area contributed by atoms with E-state index in [4.69, 9.17) is 10.1 Å². The molecule has 7 heteroatoms. The van der Waals surface area contributed by atoms with Crippen LogP contribution in [-0.2, 0) is 9.98 Å². The van der Waals surface area contributed by atoms with Gasteiger partial charge in [-0.1, -0.05) is 56.7 Å². The van der Waals surface area contributed by atoms with E-state index in [9.17, 15) is 0 Å². The number of fused-ring (bicyclic) bond motifs is 2. The zero-order valence-corrected chi connectivity index (χ0v) is 21.8. The van der Waals surface area contributed by atoms with E-state index < -0.39 is 7.29 Å². The van der Waals surface area contributed by atoms with Gasteiger partial charge in [0.2, 0.25) is 7.29 Å². The Labute approximate surface area is 207 Å². The van der Waals surface area contributed by atoms with Gasteiger partial charge in [-0.25, -0.2) is 14.3 Å². The highest BCUT2D eigenvalue weighted by molar-refractivity contribution is 7.75. The molecule has 4 heterocycles. The van der Waals surface area contributed by atoms with E-state index in [2.05, 4.69) is 54.7 Å². The number of piperidine rings is 1. The van der Waals surface area contributed by atoms with Gasteiger partial charge in [0.1, 0.15) is 0 Å². The maximum Gasteiger partial charge on any atom is 0.216 e. The molecule has 0 amide bonds. The van der Waals surface area contributed by atoms with Crippen molar-refractivity contribution in [3.05, 3.63) is 76.9 Å². The zero-order chi connectivity index (χ0) is 24.4. The van der Waals surface area contributed by atoms with Crippen molar-refractivity contribution in [3.8, 4) is 5.69 Å². The summed E-state index contributed by atoms with van der Waals surface area (Å²) in [4.78, 5) is 7.19. The number of likely N-dealkylation sites (N-methyl/N-ethyl adjacent to an activating group) is 1. The predicted octanol–water partition coefficient (Wildman–Crippen LogP) is 5.93. The summed E-state index contributed by atoms with van der Waals surface area (Å²) in [5.74, 6) is 0.697. The number of allylic oxidation sites excluding steroid dienone is 2. The first-order valence-corrected chi connectivity index (χ1v) is 14.1. The molecule has 1 fully saturated rings. The minimum absolute atomic E-state index is 0.293. The summed E-state index contributed by atoms with van der Waals surface area (Å²) in [5, 5.41) is 6.53. The molecule has 3 aliphatic heterocycles. The molecular weight excluding hydrogens is 453 g/mol. The second kappa shape index (κ2) is 8.04. The van der Waals surface area contributed by atoms with Crippen molar-refractivity contribution in [2.45, 2.75) is 45.4 Å². The molecule has 3 aliphatic rings. The van der Waals surface area contributed by atoms with Gasteiger partial charge in [0.25, 0.3) is 0 Å². The molecule has 180 valence electrons. The molecule has 0 aliphatic carbocycles. The van der Waals surface area contributed by atoms with Crippen LogP contribution in [-0.4, -0.2) is 40.8 Å². The third-order valence-corrected chi connectivity index (χ3v) is 11.1. The number of aryl methyl sites for hydroxylation is 1. The van der Waals surface area contributed by atoms with Gasteiger partial charge in [-0.05, 0) is 43.5 Å². The molecule has 35 heavy (non-hydrogen) atoms. The molecule has 6 rings (SSSR count). The van der Waals surface area contributed by atoms with E-state index in [-0.39, 0.29) is 5.41 Å². The fraction of sp³-hybridized carbons (Fsp3) is 0.357. The second-order valence-corrected chi connectivity index (χ2v) is 12.9. The molecule has 2 aromatic carbocycles. The second-order valence-electron chi connectivity index (χ2n) is 10.3. The van der Waals surface area contributed by atoms with Crippen LogP contribution in [0.3, 0.4) is 0 Å². The fourth-order valence-corrected chi connectivity index (χ4v) is 9.67. The van der Waals surface area contributed by atoms with Gasteiger partial charge in [-0.3, -0.25) is 4.57 Å². The first-order chi connectivity index (χ1) is 16.8. The van der Waals surface area contributed by atoms with Crippen LogP contribution in [0.25, 0.3) is 5.69 Å². The Kier molecular flexibility index (Phi) is 5.17. The SMILES string of the molecule is Cc1nn(-c2ccccc2)c2c1[P@](=O)(N1CCCCC1)/C(=C1\N(C)c3ccccc3C1(C)C)C=N2. The molecule has 0 saturated carbocycles. The van der Waals surface area contributed by atoms with Crippen molar-refractivity contribution in [2.75, 3.05) is 25.0 Å². The molecule has 0 bridgehead atoms. The lowest BCUT2D eigenvalue weighted by molar-refractivity contribution is 0.351. The van der Waals surface area contributed by atoms with Gasteiger partial charge in [0.15, 0.2) is 5.82 Å². The summed E-state index contributed by atoms with van der Waals surface area (Å²) in [5.41, 5.74) is 4.93. The summed E-state index contributed by atoms with van der Waals surface area (Å²) >= 11 is 0. The Morgan fingerprint density at radius 3 is 2.34 bits per heavy atom. The summed E-state index contributed by atoms with van der Waals surface area (Å²) < 4.78 is 19.8. The number of aromatic nitrogens is 2. The van der Waals surface area contributed by atoms with Crippen LogP contribution in [0.2, 0.25) is 0 Å². The smallest absolute Gasteiger partial charge is 0.216 e. The van der Waals surface area contributed by atoms with Gasteiger partial charge >= 0.3 is 0 Å². The molecular formula is C28H32N5OP. The summed E-state index contributed by atoms with van der Waals surface area (Å²) in [6.07, 6.45) is 5.19. The number of hydrogen-bond donors (Lipinski definition) is 0. The first-order valence-electron chi connectivity index (χ1n) is 12.5. The van der Waals surface area contributed by atoms with Gasteiger partial charge in [0.05, 0.1) is 22.0 Å². The number of para-hydroxylation sites is 2. The minimum Gasteiger partial charge on any atom is -0.346 e. The number of benzene rings is 2. The van der Waals surface area contributed by atoms with Crippen LogP contribution >= 0.6 is 7.29 Å². The van der Waals surface area contributed by atoms with Crippen molar-refractivity contribution < 1.29 is 4.57 Å². The fourth-order valence-electron chi connectivity index (χ4n) is 6.16. The Morgan fingerprint density at radius 1 is 0.943 bits per heavy atom. The summed E-state index contributed by atoms with van der Waals surface area (Å²) in [6.45, 7) is 8.11. The molecule has 0 N–H and O–H groups in total. The summed E-state index contributed by atoms with van der Waals surface area (Å²) in [6, 6.07) is 18.5. The number of nitrogens with zero attached hydrogens (tertiary/aromatic N) is 5. The third-order valence-electron chi connectivity index (χ3n) is 7.78. The maximum atomic E-state index is 15.7. The van der Waals surface area contributed by atoms with Crippen molar-refractivity contribution in [1.82, 2.24) is 14.5 Å². The maximum absolute atomic E-state index is 15.7. The monoisotopic (exact) mass is 485 g/mol. The van der Waals surface area contributed by atoms with E-state index in [1.807, 2.05) is 48.2 Å². The molecule has 0 unspecified atom stereocenters. The van der Waals surface area contributed by atoms with Crippen LogP contribution < -0.4 is 10.2 Å². The van der Waals surface area contributed by atoms with E-state index in [0.717, 1.165) is 53.6 Å². The highest BCUT2D eigenvalue weighted by Gasteiger charge is 2.50. The molecule has 6 nitrogen and oxygen atoms in total. The number of hydrogen-bond acceptors (Lipinski definition) is 4. The van der Waals surface area contributed by atoms with E-state index in [0.29, 0.717) is 5.82 Å². The van der Waals surface area contributed by atoms with Crippen LogP contribution in [0.5, 0.6) is 0 Å². The van der Waals surface area contributed by atoms with Crippen molar-refractivity contribution in [2.24, 2.45) is 4.99 Å². The van der Waals surface area contributed by atoms with Gasteiger partial charge in [0, 0.05) is 43.2 Å². The standard InChI is InChI=1S/C28H32N5OP/c1-20-25-27(33(30-20)21-13-7-5-8-14-21)29-19-24(35(25,34)32-17-11-6-12-18-32)26-28(2,3)22-15-9-10-16-23(22)31(26)4/h5,7-10,13-16,19H,6,11-12,17-18H2,1-4H3/b26-24-/t35-/m0/s1. The highest BCUT2D eigenvalue weighted by atomic mass is 31.2. The normalized spacial score (nSPS) is 25.5. The topological polar surface area (TPSA) is 53.7 Å². The van der Waals surface area contributed by atoms with Gasteiger partial charge in [-0.2, -0.15) is 5.10 Å². The average molecular weight is 486 g/mol. The van der Waals surface area contributed by atoms with Gasteiger partial charge < -0.3 is 4.90 Å². The summed E-state index contributed by atoms with van der Waals surface area (Å²) in [7, 11) is -1.09. The Balaban J connectivity index is 1.64. The van der Waals surface area contributed by atoms with Crippen LogP contribution in [0.4, 0.5) is 11.5 Å². The molecule has 0 spiro atoms. The number of anilines is 1. The molecule has 1 aromatic heterocycles. The van der Waals surface area contributed by atoms with Crippen LogP contribution in [0.1, 0.15) is 44.4 Å². The minimum atomic E-state index is -3.18. The van der Waals surface area contributed by atoms with E-state index in [1.54, 1.807) is 0 Å². The highest BCUT2D eigenvalue weighted by Crippen LogP contribution is 2.64. The van der Waals surface area contributed by atoms with E-state index in [1.165, 1.54) is 17.7 Å². The molecule has 0 radical (unpaired) electrons. The lowest BCUT2D eigenvalue weighted by atomic mass is 9.84. The Hall–Kier alpha value is -2.95. The zero-order valence-electron chi connectivity index (χ0n) is 20.9. The van der Waals surface area contributed by atoms with Gasteiger partial charge in [-0.15, -0.1) is 0 Å². The average Bonchev–Trinajstić information content (AvgIpc) is 3.32. The van der Waals surface area contributed by atoms with Crippen molar-refractivity contribution >= 4 is 30.3 Å². The quantitative estimate of drug-likeness (QED) is 0.423. The Morgan fingerprint density at radius 2 is 1.63 bits per heavy atom. The number of rotatable bonds is 2. The molecule has 1 saturated heterocycles. The van der Waals surface area contributed by atoms with Crippen LogP contribution in [0.15, 0.2) is 70.6 Å². The van der Waals surface area contributed by atoms with Crippen molar-refractivity contribution in [1.29, 1.82) is 0 Å².